The molecular weight excluding hydrogens is 1220 g/mol. The first-order valence-corrected chi connectivity index (χ1v) is 16.4. The van der Waals surface area contributed by atoms with Gasteiger partial charge in [0.2, 0.25) is 0 Å². The molecule has 0 unspecified atom stereocenters. The van der Waals surface area contributed by atoms with Gasteiger partial charge < -0.3 is 0 Å². The van der Waals surface area contributed by atoms with Gasteiger partial charge in [-0.05, 0) is 0 Å². The van der Waals surface area contributed by atoms with Crippen LogP contribution in [0.5, 0.6) is 0 Å². The molecule has 438 valence electrons. The molecule has 0 aromatic heterocycles. The summed E-state index contributed by atoms with van der Waals surface area (Å²) in [5.74, 6) is -192. The average molecular weight is 1220 g/mol. The Labute approximate surface area is 384 Å². The average Bonchev–Trinajstić information content (AvgIpc) is 3.18. The third kappa shape index (κ3) is 8.26. The van der Waals surface area contributed by atoms with Crippen LogP contribution in [0.1, 0.15) is 11.1 Å². The third-order valence-corrected chi connectivity index (χ3v) is 9.61. The van der Waals surface area contributed by atoms with E-state index in [1.165, 1.54) is 0 Å². The van der Waals surface area contributed by atoms with Gasteiger partial charge in [-0.15, -0.1) is 0 Å². The van der Waals surface area contributed by atoms with Crippen LogP contribution in [0, 0.1) is 0 Å². The summed E-state index contributed by atoms with van der Waals surface area (Å²) in [7, 11) is 0. The zero-order chi connectivity index (χ0) is 61.9. The zero-order valence-corrected chi connectivity index (χ0v) is 32.6. The van der Waals surface area contributed by atoms with Gasteiger partial charge >= 0.3 is 323 Å². The first kappa shape index (κ1) is 69.6. The standard InChI is InChI=1S/C28H3F46.Li/c29-7(30,9(33,34)11(37,38)13(41,42)15(45,46)17(49,50)19(53,54)21(57,58)23(61,62)25(65,66)27(69,70)71)5-2-1-3-6(4-5)8(31,32)10(35,36)12(39,40)14(43,44)16(47,48)18(51,52)20(55,56)22(59,60)24(63,64)26(67,68)28(72,73)74;/h2-4H;. The van der Waals surface area contributed by atoms with Crippen LogP contribution in [0.15, 0.2) is 18.2 Å². The summed E-state index contributed by atoms with van der Waals surface area (Å²) in [6.07, 6.45) is -16.9. The Morgan fingerprint density at radius 1 is 0.173 bits per heavy atom. The van der Waals surface area contributed by atoms with Gasteiger partial charge in [-0.3, -0.25) is 0 Å². The Bertz CT molecular complexity index is 2100. The molecule has 0 nitrogen and oxygen atoms in total. The third-order valence-electron chi connectivity index (χ3n) is 9.61. The van der Waals surface area contributed by atoms with Crippen molar-refractivity contribution in [3.05, 3.63) is 29.3 Å². The van der Waals surface area contributed by atoms with E-state index in [0.29, 0.717) is 0 Å². The molecular formula is C28H3F46Li. The first-order valence-electron chi connectivity index (χ1n) is 16.4. The molecule has 0 radical (unpaired) electrons. The van der Waals surface area contributed by atoms with Crippen molar-refractivity contribution in [1.82, 2.24) is 0 Å². The molecule has 0 heterocycles. The molecule has 0 spiro atoms. The number of alkyl halides is 46. The molecule has 0 bridgehead atoms. The molecule has 75 heavy (non-hydrogen) atoms. The van der Waals surface area contributed by atoms with Gasteiger partial charge in [0.05, 0.1) is 0 Å². The summed E-state index contributed by atoms with van der Waals surface area (Å²) in [5, 5.41) is 0. The monoisotopic (exact) mass is 1220 g/mol. The van der Waals surface area contributed by atoms with Gasteiger partial charge in [0.1, 0.15) is 0 Å². The fourth-order valence-corrected chi connectivity index (χ4v) is 5.02. The van der Waals surface area contributed by atoms with Gasteiger partial charge in [0.15, 0.2) is 0 Å². The molecule has 1 aromatic carbocycles. The molecule has 0 aliphatic heterocycles. The molecule has 0 amide bonds. The number of hydrogen-bond donors (Lipinski definition) is 0. The van der Waals surface area contributed by atoms with E-state index in [2.05, 4.69) is 0 Å². The van der Waals surface area contributed by atoms with E-state index in [9.17, 15) is 202 Å². The van der Waals surface area contributed by atoms with Crippen molar-refractivity contribution in [3.63, 3.8) is 0 Å². The van der Waals surface area contributed by atoms with E-state index in [1.54, 1.807) is 0 Å². The summed E-state index contributed by atoms with van der Waals surface area (Å²) in [6.45, 7) is 0. The number of benzene rings is 1. The summed E-state index contributed by atoms with van der Waals surface area (Å²) >= 11 is -0.584. The molecule has 0 N–H and O–H groups in total. The number of rotatable bonds is 20. The Hall–Kier alpha value is -3.40. The molecule has 47 heteroatoms. The van der Waals surface area contributed by atoms with Crippen LogP contribution in [-0.4, -0.2) is 137 Å². The molecule has 0 aliphatic carbocycles. The van der Waals surface area contributed by atoms with Crippen LogP contribution >= 0.6 is 0 Å². The Kier molecular flexibility index (Phi) is 16.1. The normalized spacial score (nSPS) is 17.0. The molecule has 1 aromatic rings. The second kappa shape index (κ2) is 17.3. The van der Waals surface area contributed by atoms with E-state index in [1.807, 2.05) is 0 Å². The van der Waals surface area contributed by atoms with Crippen LogP contribution < -0.4 is 4.24 Å². The van der Waals surface area contributed by atoms with Gasteiger partial charge in [-0.25, -0.2) is 0 Å². The van der Waals surface area contributed by atoms with E-state index in [0.717, 1.165) is 0 Å². The van der Waals surface area contributed by atoms with Crippen molar-refractivity contribution in [2.75, 3.05) is 0 Å². The maximum atomic E-state index is 14.9. The fraction of sp³-hybridized carbons (Fsp3) is 0.786. The molecule has 1 rings (SSSR count). The Morgan fingerprint density at radius 3 is 0.427 bits per heavy atom. The van der Waals surface area contributed by atoms with Crippen molar-refractivity contribution in [2.45, 2.75) is 131 Å². The van der Waals surface area contributed by atoms with E-state index < -0.39 is 182 Å². The van der Waals surface area contributed by atoms with Crippen LogP contribution in [0.3, 0.4) is 0 Å². The summed E-state index contributed by atoms with van der Waals surface area (Å²) in [4.78, 5) is 0. The molecule has 0 saturated carbocycles. The van der Waals surface area contributed by atoms with Gasteiger partial charge in [0.25, 0.3) is 0 Å². The fourth-order valence-electron chi connectivity index (χ4n) is 5.02. The second-order valence-electron chi connectivity index (χ2n) is 14.6. The van der Waals surface area contributed by atoms with E-state index >= 15 is 0 Å². The van der Waals surface area contributed by atoms with Gasteiger partial charge in [-0.2, -0.15) is 61.5 Å². The van der Waals surface area contributed by atoms with Crippen LogP contribution in [0.4, 0.5) is 202 Å². The summed E-state index contributed by atoms with van der Waals surface area (Å²) in [6, 6.07) is -5.62. The predicted molar refractivity (Wildman–Crippen MR) is 141 cm³/mol. The Balaban J connectivity index is 4.23. The minimum absolute atomic E-state index is 0.584. The quantitative estimate of drug-likeness (QED) is 0.0902. The van der Waals surface area contributed by atoms with Crippen molar-refractivity contribution in [3.8, 4) is 0 Å². The predicted octanol–water partition coefficient (Wildman–Crippen LogP) is 15.2. The van der Waals surface area contributed by atoms with Crippen molar-refractivity contribution in [1.29, 1.82) is 0 Å². The minimum atomic E-state index is -10.1. The zero-order valence-electron chi connectivity index (χ0n) is 32.6. The van der Waals surface area contributed by atoms with Crippen LogP contribution in [-0.2, 0) is 11.8 Å². The SMILES string of the molecule is [Li][c]1cc(C(F)(F)C(F)(F)C(F)(F)C(F)(F)C(F)(F)C(F)(F)C(F)(F)C(F)(F)C(F)(F)C(F)(F)C(F)(F)F)cc(C(F)(F)C(F)(F)C(F)(F)C(F)(F)C(F)(F)C(F)(F)C(F)(F)C(F)(F)C(F)(F)C(F)(F)C(F)(F)F)c1. The number of halogens is 46. The number of hydrogen-bond acceptors (Lipinski definition) is 0. The molecule has 0 fully saturated rings. The molecule has 0 saturated heterocycles. The second-order valence-corrected chi connectivity index (χ2v) is 14.6. The summed E-state index contributed by atoms with van der Waals surface area (Å²) < 4.78 is 632. The Morgan fingerprint density at radius 2 is 0.293 bits per heavy atom. The van der Waals surface area contributed by atoms with Crippen molar-refractivity contribution in [2.24, 2.45) is 0 Å². The van der Waals surface area contributed by atoms with Crippen LogP contribution in [0.2, 0.25) is 0 Å². The van der Waals surface area contributed by atoms with E-state index in [4.69, 9.17) is 0 Å². The molecule has 0 atom stereocenters. The van der Waals surface area contributed by atoms with Crippen LogP contribution in [0.25, 0.3) is 0 Å². The van der Waals surface area contributed by atoms with E-state index in [-0.39, 0.29) is 0 Å². The first-order chi connectivity index (χ1) is 31.6. The summed E-state index contributed by atoms with van der Waals surface area (Å²) in [5.41, 5.74) is -8.67. The van der Waals surface area contributed by atoms with Gasteiger partial charge in [-0.1, -0.05) is 0 Å². The maximum absolute atomic E-state index is 14.9. The topological polar surface area (TPSA) is 0 Å². The van der Waals surface area contributed by atoms with Crippen molar-refractivity contribution >= 4 is 22.0 Å². The molecule has 0 aliphatic rings. The van der Waals surface area contributed by atoms with Gasteiger partial charge in [0, 0.05) is 0 Å². The van der Waals surface area contributed by atoms with Crippen molar-refractivity contribution < 1.29 is 202 Å².